The molecule has 9 rings (SSSR count). The summed E-state index contributed by atoms with van der Waals surface area (Å²) in [5.41, 5.74) is 0.676. The number of ether oxygens (including phenoxy) is 12. The molecule has 0 spiro atoms. The lowest BCUT2D eigenvalue weighted by Crippen LogP contribution is -2.62. The first-order valence-corrected chi connectivity index (χ1v) is 27.7. The van der Waals surface area contributed by atoms with Crippen molar-refractivity contribution in [3.8, 4) is 63.1 Å². The molecule has 0 saturated carbocycles. The fraction of sp³-hybridized carbons (Fsp3) is 0.441. The number of hydrogen-bond acceptors (Lipinski definition) is 30. The molecule has 0 amide bonds. The van der Waals surface area contributed by atoms with Crippen molar-refractivity contribution in [3.05, 3.63) is 96.1 Å². The third-order valence-corrected chi connectivity index (χ3v) is 15.0. The average molecular weight is 1270 g/mol. The molecule has 4 aliphatic heterocycles. The molecule has 4 fully saturated rings. The summed E-state index contributed by atoms with van der Waals surface area (Å²) in [5, 5.41) is 170. The zero-order valence-corrected chi connectivity index (χ0v) is 47.7. The van der Waals surface area contributed by atoms with Crippen LogP contribution in [-0.4, -0.2) is 251 Å². The van der Waals surface area contributed by atoms with Gasteiger partial charge in [-0.2, -0.15) is 0 Å². The zero-order chi connectivity index (χ0) is 65.0. The average Bonchev–Trinajstić information content (AvgIpc) is 0.782. The van der Waals surface area contributed by atoms with E-state index in [2.05, 4.69) is 0 Å². The van der Waals surface area contributed by atoms with Gasteiger partial charge in [0.2, 0.25) is 30.4 Å². The van der Waals surface area contributed by atoms with Crippen LogP contribution >= 0.6 is 0 Å². The SMILES string of the molecule is COc1cc(-c2[o+]c3cc(O)cc(OC4OC(CO)C(O)C(O)C4O)c3cc2OC2OC(COC3OC(C)C(OC(=O)C=Cc4ccc(OC5OC(COC(=O)C=Cc6ccc(O)c(O)c6)C(O)C(O)C5O)cc4)C(O)C3O)C(O)C(O)C2O)cc(OC)c1O. The molecule has 4 aromatic carbocycles. The Morgan fingerprint density at radius 1 is 0.522 bits per heavy atom. The lowest BCUT2D eigenvalue weighted by Gasteiger charge is -2.42. The van der Waals surface area contributed by atoms with Crippen LogP contribution in [0, 0.1) is 0 Å². The Morgan fingerprint density at radius 2 is 1.06 bits per heavy atom. The molecule has 488 valence electrons. The van der Waals surface area contributed by atoms with Gasteiger partial charge in [-0.05, 0) is 54.5 Å². The van der Waals surface area contributed by atoms with Gasteiger partial charge in [-0.25, -0.2) is 14.0 Å². The lowest BCUT2D eigenvalue weighted by molar-refractivity contribution is -0.319. The number of phenolic OH excluding ortho intramolecular Hbond substituents is 4. The second kappa shape index (κ2) is 28.6. The van der Waals surface area contributed by atoms with Crippen LogP contribution in [-0.2, 0) is 42.7 Å². The first-order valence-electron chi connectivity index (χ1n) is 27.7. The minimum atomic E-state index is -2.04. The molecule has 90 heavy (non-hydrogen) atoms. The van der Waals surface area contributed by atoms with Crippen LogP contribution < -0.4 is 23.7 Å². The minimum Gasteiger partial charge on any atom is -0.507 e. The van der Waals surface area contributed by atoms with Crippen LogP contribution in [0.3, 0.4) is 0 Å². The number of methoxy groups -OCH3 is 2. The van der Waals surface area contributed by atoms with Gasteiger partial charge in [0.05, 0.1) is 45.2 Å². The van der Waals surface area contributed by atoms with E-state index in [0.717, 1.165) is 24.3 Å². The normalized spacial score (nSPS) is 32.1. The van der Waals surface area contributed by atoms with Crippen molar-refractivity contribution in [2.45, 2.75) is 130 Å². The summed E-state index contributed by atoms with van der Waals surface area (Å²) >= 11 is 0. The summed E-state index contributed by atoms with van der Waals surface area (Å²) in [5.74, 6) is -4.56. The van der Waals surface area contributed by atoms with E-state index in [9.17, 15) is 91.3 Å². The van der Waals surface area contributed by atoms with Gasteiger partial charge in [0.15, 0.2) is 35.4 Å². The fourth-order valence-electron chi connectivity index (χ4n) is 9.95. The highest BCUT2D eigenvalue weighted by Gasteiger charge is 2.51. The Labute approximate surface area is 509 Å². The molecule has 31 heteroatoms. The van der Waals surface area contributed by atoms with Crippen molar-refractivity contribution in [1.29, 1.82) is 0 Å². The van der Waals surface area contributed by atoms with Gasteiger partial charge in [-0.3, -0.25) is 0 Å². The number of carbonyl (C=O) groups excluding carboxylic acids is 2. The maximum absolute atomic E-state index is 13.1. The summed E-state index contributed by atoms with van der Waals surface area (Å²) in [6.45, 7) is -0.705. The van der Waals surface area contributed by atoms with Crippen molar-refractivity contribution in [1.82, 2.24) is 0 Å². The zero-order valence-electron chi connectivity index (χ0n) is 47.7. The smallest absolute Gasteiger partial charge is 0.402 e. The number of esters is 2. The van der Waals surface area contributed by atoms with E-state index >= 15 is 0 Å². The summed E-state index contributed by atoms with van der Waals surface area (Å²) in [7, 11) is 2.50. The third-order valence-electron chi connectivity index (χ3n) is 15.0. The van der Waals surface area contributed by atoms with Crippen molar-refractivity contribution in [2.75, 3.05) is 34.0 Å². The van der Waals surface area contributed by atoms with Crippen LogP contribution in [0.2, 0.25) is 0 Å². The Morgan fingerprint density at radius 3 is 1.66 bits per heavy atom. The van der Waals surface area contributed by atoms with Gasteiger partial charge < -0.3 is 139 Å². The van der Waals surface area contributed by atoms with E-state index in [1.165, 1.54) is 94.0 Å². The second-order valence-corrected chi connectivity index (χ2v) is 21.1. The van der Waals surface area contributed by atoms with Gasteiger partial charge in [0.25, 0.3) is 0 Å². The number of phenols is 4. The highest BCUT2D eigenvalue weighted by atomic mass is 16.7. The quantitative estimate of drug-likeness (QED) is 0.0176. The molecule has 0 radical (unpaired) electrons. The number of hydrogen-bond donors (Lipinski definition) is 16. The largest absolute Gasteiger partial charge is 0.507 e. The molecule has 0 aliphatic carbocycles. The Balaban J connectivity index is 0.824. The molecule has 1 aromatic heterocycles. The molecular weight excluding hydrogens is 1200 g/mol. The second-order valence-electron chi connectivity index (χ2n) is 21.1. The molecule has 5 heterocycles. The molecule has 31 nitrogen and oxygen atoms in total. The first kappa shape index (κ1) is 66.6. The molecule has 0 bridgehead atoms. The van der Waals surface area contributed by atoms with Crippen LogP contribution in [0.15, 0.2) is 89.4 Å². The van der Waals surface area contributed by atoms with Gasteiger partial charge in [0, 0.05) is 36.4 Å². The minimum absolute atomic E-state index is 0.0549. The monoisotopic (exact) mass is 1270 g/mol. The van der Waals surface area contributed by atoms with Gasteiger partial charge >= 0.3 is 23.3 Å². The van der Waals surface area contributed by atoms with E-state index in [4.69, 9.17) is 61.3 Å². The number of benzene rings is 4. The maximum Gasteiger partial charge on any atom is 0.402 e. The highest BCUT2D eigenvalue weighted by Crippen LogP contribution is 2.46. The van der Waals surface area contributed by atoms with Crippen LogP contribution in [0.5, 0.6) is 51.7 Å². The predicted molar refractivity (Wildman–Crippen MR) is 299 cm³/mol. The molecular formula is C59H67O31+. The van der Waals surface area contributed by atoms with Crippen molar-refractivity contribution in [3.63, 3.8) is 0 Å². The molecule has 4 aliphatic rings. The molecule has 20 atom stereocenters. The van der Waals surface area contributed by atoms with E-state index in [0.29, 0.717) is 11.1 Å². The van der Waals surface area contributed by atoms with E-state index in [-0.39, 0.29) is 56.8 Å². The van der Waals surface area contributed by atoms with Crippen molar-refractivity contribution in [2.24, 2.45) is 0 Å². The topological polar surface area (TPSA) is 480 Å². The Hall–Kier alpha value is -7.77. The predicted octanol–water partition coefficient (Wildman–Crippen LogP) is -1.86. The summed E-state index contributed by atoms with van der Waals surface area (Å²) in [4.78, 5) is 25.5. The molecule has 5 aromatic rings. The van der Waals surface area contributed by atoms with E-state index in [1.807, 2.05) is 0 Å². The van der Waals surface area contributed by atoms with Crippen molar-refractivity contribution < 1.29 is 153 Å². The summed E-state index contributed by atoms with van der Waals surface area (Å²) < 4.78 is 74.0. The Bertz CT molecular complexity index is 3330. The maximum atomic E-state index is 13.1. The molecule has 16 N–H and O–H groups in total. The number of aromatic hydroxyl groups is 4. The molecule has 20 unspecified atom stereocenters. The van der Waals surface area contributed by atoms with E-state index < -0.39 is 172 Å². The van der Waals surface area contributed by atoms with E-state index in [1.54, 1.807) is 0 Å². The molecule has 4 saturated heterocycles. The fourth-order valence-corrected chi connectivity index (χ4v) is 9.95. The summed E-state index contributed by atoms with van der Waals surface area (Å²) in [6.07, 6.45) is -29.8. The highest BCUT2D eigenvalue weighted by molar-refractivity contribution is 5.90. The number of aliphatic hydroxyl groups is 12. The summed E-state index contributed by atoms with van der Waals surface area (Å²) in [6, 6.07) is 15.7. The number of rotatable bonds is 20. The number of fused-ring (bicyclic) bond motifs is 1. The lowest BCUT2D eigenvalue weighted by atomic mass is 9.98. The van der Waals surface area contributed by atoms with Gasteiger partial charge in [-0.1, -0.05) is 18.2 Å². The van der Waals surface area contributed by atoms with Gasteiger partial charge in [-0.15, -0.1) is 0 Å². The van der Waals surface area contributed by atoms with Crippen LogP contribution in [0.1, 0.15) is 18.1 Å². The number of carbonyl (C=O) groups is 2. The van der Waals surface area contributed by atoms with Crippen LogP contribution in [0.4, 0.5) is 0 Å². The standard InChI is InChI=1S/C59H66O31/c1-23-54(90-41(65)13-7-24-4-9-28(10-5-24)83-57-50(74)47(71)44(68)38(88-57)21-80-40(64)12-8-25-6-11-30(62)31(63)14-25)49(73)53(77)56(82-23)81-22-39-45(69)48(72)52(76)59(89-39)86-36-19-29-32(84-55(36)26-15-34(78-2)42(66)35(16-26)79-3)17-27(61)18-33(29)85-58-51(75)46(70)43(67)37(20-60)87-58/h4-19,23,37-39,43-54,56-60,67-77H,20-22H2,1-3H3,(H3-,61,62,63,64,66)/p+1. The van der Waals surface area contributed by atoms with Crippen molar-refractivity contribution >= 4 is 35.1 Å². The number of aliphatic hydroxyl groups excluding tert-OH is 12. The van der Waals surface area contributed by atoms with Crippen LogP contribution in [0.25, 0.3) is 34.4 Å². The Kier molecular flexibility index (Phi) is 21.2. The first-order chi connectivity index (χ1) is 42.9. The third kappa shape index (κ3) is 14.7. The van der Waals surface area contributed by atoms with Gasteiger partial charge in [0.1, 0.15) is 115 Å².